The van der Waals surface area contributed by atoms with Crippen LogP contribution in [0.1, 0.15) is 27.0 Å². The Labute approximate surface area is 89.7 Å². The number of aldehydes is 1. The van der Waals surface area contributed by atoms with Gasteiger partial charge in [-0.15, -0.1) is 0 Å². The maximum atomic E-state index is 10.9. The van der Waals surface area contributed by atoms with Crippen molar-refractivity contribution in [1.29, 1.82) is 0 Å². The predicted octanol–water partition coefficient (Wildman–Crippen LogP) is 3.58. The summed E-state index contributed by atoms with van der Waals surface area (Å²) in [5, 5.41) is 2.43. The summed E-state index contributed by atoms with van der Waals surface area (Å²) in [5.41, 5.74) is 4.27. The molecule has 0 aliphatic carbocycles. The normalized spacial score (nSPS) is 10.6. The van der Waals surface area contributed by atoms with Gasteiger partial charge >= 0.3 is 0 Å². The molecule has 2 aromatic rings. The molecular weight excluding hydrogens is 184 g/mol. The second-order valence-corrected chi connectivity index (χ2v) is 4.07. The molecule has 0 aliphatic rings. The molecule has 0 aliphatic heterocycles. The SMILES string of the molecule is Cc1ccc2c(C)cc(C=O)c(C)c2c1. The molecule has 0 spiro atoms. The number of carbonyl (C=O) groups is 1. The third kappa shape index (κ3) is 1.54. The van der Waals surface area contributed by atoms with E-state index in [1.54, 1.807) is 0 Å². The van der Waals surface area contributed by atoms with E-state index in [0.717, 1.165) is 23.0 Å². The number of rotatable bonds is 1. The second-order valence-electron chi connectivity index (χ2n) is 4.07. The van der Waals surface area contributed by atoms with E-state index in [2.05, 4.69) is 25.1 Å². The van der Waals surface area contributed by atoms with Crippen molar-refractivity contribution in [2.75, 3.05) is 0 Å². The molecule has 0 saturated carbocycles. The van der Waals surface area contributed by atoms with Crippen LogP contribution in [0, 0.1) is 20.8 Å². The monoisotopic (exact) mass is 198 g/mol. The van der Waals surface area contributed by atoms with Gasteiger partial charge in [-0.05, 0) is 48.7 Å². The lowest BCUT2D eigenvalue weighted by Gasteiger charge is -2.09. The smallest absolute Gasteiger partial charge is 0.150 e. The fourth-order valence-corrected chi connectivity index (χ4v) is 2.01. The molecule has 0 aromatic heterocycles. The van der Waals surface area contributed by atoms with Crippen molar-refractivity contribution >= 4 is 17.1 Å². The fraction of sp³-hybridized carbons (Fsp3) is 0.214. The Bertz CT molecular complexity index is 539. The Morgan fingerprint density at radius 2 is 1.73 bits per heavy atom. The van der Waals surface area contributed by atoms with Crippen molar-refractivity contribution in [2.24, 2.45) is 0 Å². The van der Waals surface area contributed by atoms with Gasteiger partial charge in [-0.25, -0.2) is 0 Å². The Hall–Kier alpha value is -1.63. The predicted molar refractivity (Wildman–Crippen MR) is 63.5 cm³/mol. The highest BCUT2D eigenvalue weighted by Gasteiger charge is 2.05. The van der Waals surface area contributed by atoms with Crippen molar-refractivity contribution in [3.05, 3.63) is 46.5 Å². The van der Waals surface area contributed by atoms with Crippen LogP contribution >= 0.6 is 0 Å². The second kappa shape index (κ2) is 3.50. The quantitative estimate of drug-likeness (QED) is 0.640. The first kappa shape index (κ1) is 9.91. The van der Waals surface area contributed by atoms with Crippen molar-refractivity contribution in [1.82, 2.24) is 0 Å². The van der Waals surface area contributed by atoms with Crippen LogP contribution in [-0.2, 0) is 0 Å². The number of fused-ring (bicyclic) bond motifs is 1. The number of benzene rings is 2. The van der Waals surface area contributed by atoms with Crippen LogP contribution in [-0.4, -0.2) is 6.29 Å². The molecule has 15 heavy (non-hydrogen) atoms. The number of aryl methyl sites for hydroxylation is 3. The molecule has 0 amide bonds. The third-order valence-corrected chi connectivity index (χ3v) is 2.94. The molecule has 0 unspecified atom stereocenters. The minimum atomic E-state index is 0.797. The van der Waals surface area contributed by atoms with Crippen molar-refractivity contribution < 1.29 is 4.79 Å². The molecule has 1 nitrogen and oxygen atoms in total. The van der Waals surface area contributed by atoms with Gasteiger partial charge in [-0.1, -0.05) is 23.8 Å². The zero-order chi connectivity index (χ0) is 11.0. The lowest BCUT2D eigenvalue weighted by atomic mass is 9.95. The fourth-order valence-electron chi connectivity index (χ4n) is 2.01. The van der Waals surface area contributed by atoms with Crippen molar-refractivity contribution in [2.45, 2.75) is 20.8 Å². The zero-order valence-electron chi connectivity index (χ0n) is 9.29. The van der Waals surface area contributed by atoms with Crippen LogP contribution < -0.4 is 0 Å². The molecule has 0 N–H and O–H groups in total. The Kier molecular flexibility index (Phi) is 2.31. The molecule has 0 atom stereocenters. The van der Waals surface area contributed by atoms with Crippen LogP contribution in [0.3, 0.4) is 0 Å². The molecular formula is C14H14O. The van der Waals surface area contributed by atoms with Gasteiger partial charge in [0.15, 0.2) is 0 Å². The molecule has 0 saturated heterocycles. The van der Waals surface area contributed by atoms with E-state index in [1.165, 1.54) is 16.3 Å². The average Bonchev–Trinajstić information content (AvgIpc) is 2.23. The zero-order valence-corrected chi connectivity index (χ0v) is 9.29. The van der Waals surface area contributed by atoms with E-state index in [4.69, 9.17) is 0 Å². The van der Waals surface area contributed by atoms with E-state index in [-0.39, 0.29) is 0 Å². The van der Waals surface area contributed by atoms with Gasteiger partial charge < -0.3 is 0 Å². The van der Waals surface area contributed by atoms with Gasteiger partial charge in [0.2, 0.25) is 0 Å². The summed E-state index contributed by atoms with van der Waals surface area (Å²) in [4.78, 5) is 10.9. The molecule has 0 bridgehead atoms. The Balaban J connectivity index is 2.94. The highest BCUT2D eigenvalue weighted by atomic mass is 16.1. The number of carbonyl (C=O) groups excluding carboxylic acids is 1. The summed E-state index contributed by atoms with van der Waals surface area (Å²) < 4.78 is 0. The summed E-state index contributed by atoms with van der Waals surface area (Å²) in [6.07, 6.45) is 0.935. The van der Waals surface area contributed by atoms with Crippen LogP contribution in [0.2, 0.25) is 0 Å². The minimum absolute atomic E-state index is 0.797. The lowest BCUT2D eigenvalue weighted by molar-refractivity contribution is 0.112. The van der Waals surface area contributed by atoms with Gasteiger partial charge in [0, 0.05) is 5.56 Å². The van der Waals surface area contributed by atoms with Gasteiger partial charge in [-0.2, -0.15) is 0 Å². The topological polar surface area (TPSA) is 17.1 Å². The van der Waals surface area contributed by atoms with Crippen molar-refractivity contribution in [3.8, 4) is 0 Å². The highest BCUT2D eigenvalue weighted by Crippen LogP contribution is 2.25. The van der Waals surface area contributed by atoms with E-state index in [0.29, 0.717) is 0 Å². The first-order valence-corrected chi connectivity index (χ1v) is 5.09. The van der Waals surface area contributed by atoms with E-state index in [9.17, 15) is 4.79 Å². The molecule has 0 radical (unpaired) electrons. The first-order chi connectivity index (χ1) is 7.13. The van der Waals surface area contributed by atoms with Crippen molar-refractivity contribution in [3.63, 3.8) is 0 Å². The summed E-state index contributed by atoms with van der Waals surface area (Å²) in [5.74, 6) is 0. The van der Waals surface area contributed by atoms with E-state index >= 15 is 0 Å². The summed E-state index contributed by atoms with van der Waals surface area (Å²) >= 11 is 0. The summed E-state index contributed by atoms with van der Waals surface area (Å²) in [6.45, 7) is 6.12. The van der Waals surface area contributed by atoms with Gasteiger partial charge in [0.25, 0.3) is 0 Å². The molecule has 1 heteroatoms. The molecule has 76 valence electrons. The standard InChI is InChI=1S/C14H14O/c1-9-4-5-13-10(2)7-12(8-15)11(3)14(13)6-9/h4-8H,1-3H3. The minimum Gasteiger partial charge on any atom is -0.298 e. The van der Waals surface area contributed by atoms with Crippen LogP contribution in [0.5, 0.6) is 0 Å². The van der Waals surface area contributed by atoms with Crippen LogP contribution in [0.15, 0.2) is 24.3 Å². The molecule has 2 rings (SSSR count). The number of hydrogen-bond acceptors (Lipinski definition) is 1. The molecule has 2 aromatic carbocycles. The number of hydrogen-bond donors (Lipinski definition) is 0. The lowest BCUT2D eigenvalue weighted by Crippen LogP contribution is -1.91. The molecule has 0 heterocycles. The van der Waals surface area contributed by atoms with Crippen LogP contribution in [0.25, 0.3) is 10.8 Å². The Morgan fingerprint density at radius 3 is 2.40 bits per heavy atom. The summed E-state index contributed by atoms with van der Waals surface area (Å²) in [6, 6.07) is 8.33. The largest absolute Gasteiger partial charge is 0.298 e. The van der Waals surface area contributed by atoms with Gasteiger partial charge in [0.05, 0.1) is 0 Å². The molecule has 0 fully saturated rings. The summed E-state index contributed by atoms with van der Waals surface area (Å²) in [7, 11) is 0. The van der Waals surface area contributed by atoms with Crippen LogP contribution in [0.4, 0.5) is 0 Å². The maximum Gasteiger partial charge on any atom is 0.150 e. The first-order valence-electron chi connectivity index (χ1n) is 5.09. The maximum absolute atomic E-state index is 10.9. The Morgan fingerprint density at radius 1 is 1.00 bits per heavy atom. The van der Waals surface area contributed by atoms with Gasteiger partial charge in [0.1, 0.15) is 6.29 Å². The van der Waals surface area contributed by atoms with E-state index < -0.39 is 0 Å². The van der Waals surface area contributed by atoms with E-state index in [1.807, 2.05) is 19.9 Å². The van der Waals surface area contributed by atoms with Gasteiger partial charge in [-0.3, -0.25) is 4.79 Å². The average molecular weight is 198 g/mol. The highest BCUT2D eigenvalue weighted by molar-refractivity contribution is 5.95. The third-order valence-electron chi connectivity index (χ3n) is 2.94.